The third kappa shape index (κ3) is 2.11. The van der Waals surface area contributed by atoms with Crippen molar-refractivity contribution in [2.75, 3.05) is 12.4 Å². The minimum atomic E-state index is -0.322. The zero-order chi connectivity index (χ0) is 15.0. The van der Waals surface area contributed by atoms with E-state index in [4.69, 9.17) is 5.26 Å². The highest BCUT2D eigenvalue weighted by atomic mass is 16.2. The molecule has 0 fully saturated rings. The number of aromatic nitrogens is 1. The van der Waals surface area contributed by atoms with Crippen molar-refractivity contribution in [3.63, 3.8) is 0 Å². The number of nitrogens with zero attached hydrogens (tertiary/aromatic N) is 3. The molecule has 0 saturated heterocycles. The molecule has 0 saturated carbocycles. The van der Waals surface area contributed by atoms with Crippen LogP contribution in [0.25, 0.3) is 0 Å². The Bertz CT molecular complexity index is 808. The molecule has 1 N–H and O–H groups in total. The average Bonchev–Trinajstić information content (AvgIpc) is 2.72. The van der Waals surface area contributed by atoms with Crippen molar-refractivity contribution in [1.29, 1.82) is 5.26 Å². The molecule has 6 heteroatoms. The standard InChI is InChI=1S/C15H10N4O2/c1-19-14(20)11-3-2-10(7-12(11)15(19)21)18-13-6-9(8-16)4-5-17-13/h2-7H,1H3,(H,17,18). The fraction of sp³-hybridized carbons (Fsp3) is 0.0667. The van der Waals surface area contributed by atoms with Crippen LogP contribution in [-0.4, -0.2) is 28.7 Å². The molecule has 0 radical (unpaired) electrons. The zero-order valence-electron chi connectivity index (χ0n) is 11.1. The Morgan fingerprint density at radius 1 is 1.14 bits per heavy atom. The number of anilines is 2. The maximum atomic E-state index is 11.9. The van der Waals surface area contributed by atoms with Crippen molar-refractivity contribution in [2.45, 2.75) is 0 Å². The number of hydrogen-bond donors (Lipinski definition) is 1. The number of fused-ring (bicyclic) bond motifs is 1. The second kappa shape index (κ2) is 4.72. The number of nitrogens with one attached hydrogen (secondary N) is 1. The SMILES string of the molecule is CN1C(=O)c2ccc(Nc3cc(C#N)ccn3)cc2C1=O. The van der Waals surface area contributed by atoms with Crippen LogP contribution in [0.15, 0.2) is 36.5 Å². The maximum Gasteiger partial charge on any atom is 0.261 e. The molecular formula is C15H10N4O2. The van der Waals surface area contributed by atoms with E-state index >= 15 is 0 Å². The van der Waals surface area contributed by atoms with E-state index in [0.29, 0.717) is 28.2 Å². The van der Waals surface area contributed by atoms with Gasteiger partial charge in [0.25, 0.3) is 11.8 Å². The van der Waals surface area contributed by atoms with E-state index in [-0.39, 0.29) is 11.8 Å². The fourth-order valence-corrected chi connectivity index (χ4v) is 2.16. The normalized spacial score (nSPS) is 13.0. The lowest BCUT2D eigenvalue weighted by Gasteiger charge is -2.06. The van der Waals surface area contributed by atoms with Crippen LogP contribution < -0.4 is 5.32 Å². The van der Waals surface area contributed by atoms with Crippen LogP contribution in [0.2, 0.25) is 0 Å². The molecule has 2 heterocycles. The zero-order valence-corrected chi connectivity index (χ0v) is 11.1. The van der Waals surface area contributed by atoms with Crippen molar-refractivity contribution in [2.24, 2.45) is 0 Å². The summed E-state index contributed by atoms with van der Waals surface area (Å²) < 4.78 is 0. The molecule has 0 spiro atoms. The highest BCUT2D eigenvalue weighted by Gasteiger charge is 2.32. The quantitative estimate of drug-likeness (QED) is 0.848. The van der Waals surface area contributed by atoms with E-state index < -0.39 is 0 Å². The van der Waals surface area contributed by atoms with Gasteiger partial charge < -0.3 is 5.32 Å². The Labute approximate surface area is 120 Å². The van der Waals surface area contributed by atoms with E-state index in [2.05, 4.69) is 10.3 Å². The van der Waals surface area contributed by atoms with Crippen LogP contribution in [-0.2, 0) is 0 Å². The van der Waals surface area contributed by atoms with Crippen molar-refractivity contribution in [3.8, 4) is 6.07 Å². The molecule has 21 heavy (non-hydrogen) atoms. The van der Waals surface area contributed by atoms with Gasteiger partial charge >= 0.3 is 0 Å². The summed E-state index contributed by atoms with van der Waals surface area (Å²) in [6, 6.07) is 10.1. The summed E-state index contributed by atoms with van der Waals surface area (Å²) in [5, 5.41) is 11.9. The number of hydrogen-bond acceptors (Lipinski definition) is 5. The molecule has 1 aromatic carbocycles. The third-order valence-electron chi connectivity index (χ3n) is 3.25. The number of rotatable bonds is 2. The number of carbonyl (C=O) groups excluding carboxylic acids is 2. The number of imide groups is 1. The minimum absolute atomic E-state index is 0.300. The lowest BCUT2D eigenvalue weighted by Crippen LogP contribution is -2.24. The summed E-state index contributed by atoms with van der Waals surface area (Å²) in [6.45, 7) is 0. The van der Waals surface area contributed by atoms with Crippen LogP contribution in [0, 0.1) is 11.3 Å². The summed E-state index contributed by atoms with van der Waals surface area (Å²) in [6.07, 6.45) is 1.52. The van der Waals surface area contributed by atoms with Crippen LogP contribution in [0.5, 0.6) is 0 Å². The van der Waals surface area contributed by atoms with Gasteiger partial charge in [-0.15, -0.1) is 0 Å². The molecule has 1 aliphatic rings. The van der Waals surface area contributed by atoms with E-state index in [1.54, 1.807) is 30.3 Å². The van der Waals surface area contributed by atoms with Gasteiger partial charge in [0.15, 0.2) is 0 Å². The van der Waals surface area contributed by atoms with Gasteiger partial charge in [0.1, 0.15) is 5.82 Å². The average molecular weight is 278 g/mol. The smallest absolute Gasteiger partial charge is 0.261 e. The highest BCUT2D eigenvalue weighted by molar-refractivity contribution is 6.21. The van der Waals surface area contributed by atoms with Gasteiger partial charge in [-0.05, 0) is 30.3 Å². The molecule has 0 unspecified atom stereocenters. The molecule has 102 valence electrons. The van der Waals surface area contributed by atoms with E-state index in [0.717, 1.165) is 4.90 Å². The first-order chi connectivity index (χ1) is 10.1. The second-order valence-corrected chi connectivity index (χ2v) is 4.60. The summed E-state index contributed by atoms with van der Waals surface area (Å²) in [5.41, 5.74) is 1.88. The van der Waals surface area contributed by atoms with Crippen LogP contribution in [0.4, 0.5) is 11.5 Å². The van der Waals surface area contributed by atoms with Gasteiger partial charge in [0.05, 0.1) is 22.8 Å². The first kappa shape index (κ1) is 12.8. The Morgan fingerprint density at radius 2 is 1.90 bits per heavy atom. The second-order valence-electron chi connectivity index (χ2n) is 4.60. The molecule has 1 aromatic heterocycles. The molecule has 1 aliphatic heterocycles. The topological polar surface area (TPSA) is 86.1 Å². The predicted octanol–water partition coefficient (Wildman–Crippen LogP) is 1.92. The molecule has 0 aliphatic carbocycles. The number of amides is 2. The van der Waals surface area contributed by atoms with Crippen molar-refractivity contribution < 1.29 is 9.59 Å². The van der Waals surface area contributed by atoms with Crippen LogP contribution >= 0.6 is 0 Å². The lowest BCUT2D eigenvalue weighted by molar-refractivity contribution is 0.0693. The summed E-state index contributed by atoms with van der Waals surface area (Å²) in [5.74, 6) is -0.123. The van der Waals surface area contributed by atoms with Crippen LogP contribution in [0.3, 0.4) is 0 Å². The van der Waals surface area contributed by atoms with Gasteiger partial charge in [0, 0.05) is 18.9 Å². The number of pyridine rings is 1. The summed E-state index contributed by atoms with van der Waals surface area (Å²) in [7, 11) is 1.45. The molecule has 0 atom stereocenters. The minimum Gasteiger partial charge on any atom is -0.340 e. The molecular weight excluding hydrogens is 268 g/mol. The van der Waals surface area contributed by atoms with E-state index in [9.17, 15) is 9.59 Å². The van der Waals surface area contributed by atoms with Gasteiger partial charge in [-0.2, -0.15) is 5.26 Å². The Balaban J connectivity index is 1.94. The number of carbonyl (C=O) groups is 2. The van der Waals surface area contributed by atoms with E-state index in [1.807, 2.05) is 6.07 Å². The van der Waals surface area contributed by atoms with Gasteiger partial charge in [-0.25, -0.2) is 4.98 Å². The molecule has 0 bridgehead atoms. The van der Waals surface area contributed by atoms with Gasteiger partial charge in [-0.1, -0.05) is 0 Å². The Kier molecular flexibility index (Phi) is 2.88. The molecule has 6 nitrogen and oxygen atoms in total. The summed E-state index contributed by atoms with van der Waals surface area (Å²) >= 11 is 0. The monoisotopic (exact) mass is 278 g/mol. The van der Waals surface area contributed by atoms with E-state index in [1.165, 1.54) is 13.2 Å². The van der Waals surface area contributed by atoms with Crippen molar-refractivity contribution >= 4 is 23.3 Å². The first-order valence-corrected chi connectivity index (χ1v) is 6.20. The van der Waals surface area contributed by atoms with Gasteiger partial charge in [0.2, 0.25) is 0 Å². The molecule has 2 amide bonds. The maximum absolute atomic E-state index is 11.9. The Hall–Kier alpha value is -3.20. The third-order valence-corrected chi connectivity index (χ3v) is 3.25. The van der Waals surface area contributed by atoms with Crippen molar-refractivity contribution in [3.05, 3.63) is 53.2 Å². The fourth-order valence-electron chi connectivity index (χ4n) is 2.16. The van der Waals surface area contributed by atoms with Crippen molar-refractivity contribution in [1.82, 2.24) is 9.88 Å². The Morgan fingerprint density at radius 3 is 2.67 bits per heavy atom. The number of nitriles is 1. The lowest BCUT2D eigenvalue weighted by atomic mass is 10.1. The summed E-state index contributed by atoms with van der Waals surface area (Å²) in [4.78, 5) is 28.9. The van der Waals surface area contributed by atoms with Gasteiger partial charge in [-0.3, -0.25) is 14.5 Å². The molecule has 2 aromatic rings. The molecule has 3 rings (SSSR count). The first-order valence-electron chi connectivity index (χ1n) is 6.20. The predicted molar refractivity (Wildman–Crippen MR) is 75.1 cm³/mol. The van der Waals surface area contributed by atoms with Crippen LogP contribution in [0.1, 0.15) is 26.3 Å². The largest absolute Gasteiger partial charge is 0.340 e. The highest BCUT2D eigenvalue weighted by Crippen LogP contribution is 2.26. The number of benzene rings is 1.